The summed E-state index contributed by atoms with van der Waals surface area (Å²) in [5.41, 5.74) is 3.27. The molecule has 0 aliphatic carbocycles. The average Bonchev–Trinajstić information content (AvgIpc) is 2.36. The molecule has 0 aromatic carbocycles. The van der Waals surface area contributed by atoms with E-state index in [0.717, 1.165) is 5.56 Å². The third-order valence-electron chi connectivity index (χ3n) is 2.66. The number of carbonyl (C=O) groups excluding carboxylic acids is 2. The third-order valence-corrected chi connectivity index (χ3v) is 2.66. The molecule has 0 saturated carbocycles. The molecule has 96 valence electrons. The number of nitrogen functional groups attached to an aromatic ring is 1. The molecule has 1 saturated heterocycles. The Bertz CT molecular complexity index is 473. The minimum atomic E-state index is -0.339. The zero-order valence-corrected chi connectivity index (χ0v) is 9.93. The summed E-state index contributed by atoms with van der Waals surface area (Å²) in [7, 11) is 0. The van der Waals surface area contributed by atoms with E-state index < -0.39 is 0 Å². The van der Waals surface area contributed by atoms with E-state index in [0.29, 0.717) is 18.1 Å². The van der Waals surface area contributed by atoms with E-state index >= 15 is 0 Å². The first-order valence-electron chi connectivity index (χ1n) is 5.53. The molecule has 0 atom stereocenters. The van der Waals surface area contributed by atoms with Gasteiger partial charge in [-0.3, -0.25) is 14.9 Å². The van der Waals surface area contributed by atoms with Crippen LogP contribution >= 0.6 is 0 Å². The van der Waals surface area contributed by atoms with Crippen molar-refractivity contribution in [1.29, 1.82) is 0 Å². The Morgan fingerprint density at radius 2 is 2.06 bits per heavy atom. The van der Waals surface area contributed by atoms with Gasteiger partial charge in [-0.25, -0.2) is 15.8 Å². The van der Waals surface area contributed by atoms with Gasteiger partial charge in [0.1, 0.15) is 18.0 Å². The smallest absolute Gasteiger partial charge is 0.246 e. The first kappa shape index (κ1) is 12.2. The van der Waals surface area contributed by atoms with Gasteiger partial charge in [0.15, 0.2) is 0 Å². The number of nitrogens with one attached hydrogen (secondary N) is 2. The van der Waals surface area contributed by atoms with Crippen molar-refractivity contribution in [2.24, 2.45) is 5.84 Å². The van der Waals surface area contributed by atoms with Crippen LogP contribution in [0, 0.1) is 0 Å². The van der Waals surface area contributed by atoms with E-state index in [4.69, 9.17) is 5.84 Å². The summed E-state index contributed by atoms with van der Waals surface area (Å²) in [5.74, 6) is 5.76. The predicted octanol–water partition coefficient (Wildman–Crippen LogP) is -1.21. The number of amides is 2. The standard InChI is InChI=1S/C10H14N6O2/c1-2-6-9(15-11)12-5-13-10(6)16-3-7(17)14-8(18)4-16/h5H,2-4,11H2,1H3,(H,12,13,15)(H,14,17,18). The number of piperazine rings is 1. The molecule has 8 nitrogen and oxygen atoms in total. The lowest BCUT2D eigenvalue weighted by Crippen LogP contribution is -2.52. The number of nitrogens with two attached hydrogens (primary N) is 1. The largest absolute Gasteiger partial charge is 0.338 e. The average molecular weight is 250 g/mol. The predicted molar refractivity (Wildman–Crippen MR) is 64.6 cm³/mol. The molecule has 2 amide bonds. The molecule has 1 aromatic heterocycles. The van der Waals surface area contributed by atoms with Crippen molar-refractivity contribution >= 4 is 23.5 Å². The zero-order valence-electron chi connectivity index (χ0n) is 9.93. The number of imide groups is 1. The van der Waals surface area contributed by atoms with Crippen LogP contribution in [-0.2, 0) is 16.0 Å². The number of carbonyl (C=O) groups is 2. The van der Waals surface area contributed by atoms with Crippen LogP contribution in [0.25, 0.3) is 0 Å². The van der Waals surface area contributed by atoms with Crippen molar-refractivity contribution in [2.75, 3.05) is 23.4 Å². The summed E-state index contributed by atoms with van der Waals surface area (Å²) in [6.45, 7) is 2.12. The summed E-state index contributed by atoms with van der Waals surface area (Å²) in [4.78, 5) is 32.5. The van der Waals surface area contributed by atoms with Crippen molar-refractivity contribution in [1.82, 2.24) is 15.3 Å². The fraction of sp³-hybridized carbons (Fsp3) is 0.400. The van der Waals surface area contributed by atoms with Gasteiger partial charge in [-0.1, -0.05) is 6.92 Å². The van der Waals surface area contributed by atoms with E-state index in [1.54, 1.807) is 4.90 Å². The molecule has 8 heteroatoms. The maximum atomic E-state index is 11.4. The van der Waals surface area contributed by atoms with Gasteiger partial charge >= 0.3 is 0 Å². The number of hydrazine groups is 1. The molecular weight excluding hydrogens is 236 g/mol. The highest BCUT2D eigenvalue weighted by Gasteiger charge is 2.25. The van der Waals surface area contributed by atoms with Crippen LogP contribution in [0.2, 0.25) is 0 Å². The van der Waals surface area contributed by atoms with E-state index in [1.807, 2.05) is 6.92 Å². The van der Waals surface area contributed by atoms with E-state index in [-0.39, 0.29) is 24.9 Å². The number of anilines is 2. The van der Waals surface area contributed by atoms with Crippen LogP contribution in [0.15, 0.2) is 6.33 Å². The molecule has 0 bridgehead atoms. The van der Waals surface area contributed by atoms with E-state index in [9.17, 15) is 9.59 Å². The van der Waals surface area contributed by atoms with E-state index in [1.165, 1.54) is 6.33 Å². The minimum absolute atomic E-state index is 0.0970. The van der Waals surface area contributed by atoms with Gasteiger partial charge in [0.25, 0.3) is 0 Å². The number of hydrogen-bond donors (Lipinski definition) is 3. The molecule has 2 heterocycles. The Labute approximate surface area is 104 Å². The van der Waals surface area contributed by atoms with Gasteiger partial charge in [-0.05, 0) is 6.42 Å². The van der Waals surface area contributed by atoms with Crippen LogP contribution < -0.4 is 21.5 Å². The maximum absolute atomic E-state index is 11.4. The molecule has 4 N–H and O–H groups in total. The van der Waals surface area contributed by atoms with Crippen molar-refractivity contribution in [3.63, 3.8) is 0 Å². The normalized spacial score (nSPS) is 15.6. The second-order valence-electron chi connectivity index (χ2n) is 3.85. The fourth-order valence-corrected chi connectivity index (χ4v) is 1.91. The van der Waals surface area contributed by atoms with Crippen LogP contribution in [-0.4, -0.2) is 34.9 Å². The van der Waals surface area contributed by atoms with Gasteiger partial charge in [-0.15, -0.1) is 0 Å². The molecule has 0 radical (unpaired) electrons. The van der Waals surface area contributed by atoms with Gasteiger partial charge in [0.2, 0.25) is 11.8 Å². The van der Waals surface area contributed by atoms with Gasteiger partial charge < -0.3 is 10.3 Å². The number of hydrogen-bond acceptors (Lipinski definition) is 7. The number of nitrogens with zero attached hydrogens (tertiary/aromatic N) is 3. The molecular formula is C10H14N6O2. The van der Waals surface area contributed by atoms with Crippen molar-refractivity contribution < 1.29 is 9.59 Å². The lowest BCUT2D eigenvalue weighted by molar-refractivity contribution is -0.130. The first-order valence-corrected chi connectivity index (χ1v) is 5.53. The molecule has 1 aliphatic heterocycles. The second kappa shape index (κ2) is 4.96. The summed E-state index contributed by atoms with van der Waals surface area (Å²) < 4.78 is 0. The molecule has 2 rings (SSSR count). The fourth-order valence-electron chi connectivity index (χ4n) is 1.91. The second-order valence-corrected chi connectivity index (χ2v) is 3.85. The van der Waals surface area contributed by atoms with Crippen molar-refractivity contribution in [3.8, 4) is 0 Å². The Morgan fingerprint density at radius 1 is 1.39 bits per heavy atom. The first-order chi connectivity index (χ1) is 8.65. The SMILES string of the molecule is CCc1c(NN)ncnc1N1CC(=O)NC(=O)C1. The summed E-state index contributed by atoms with van der Waals surface area (Å²) in [5, 5.41) is 2.24. The Hall–Kier alpha value is -2.22. The minimum Gasteiger partial charge on any atom is -0.338 e. The van der Waals surface area contributed by atoms with Crippen LogP contribution in [0.1, 0.15) is 12.5 Å². The zero-order chi connectivity index (χ0) is 13.1. The highest BCUT2D eigenvalue weighted by Crippen LogP contribution is 2.23. The van der Waals surface area contributed by atoms with Crippen molar-refractivity contribution in [3.05, 3.63) is 11.9 Å². The third kappa shape index (κ3) is 2.23. The highest BCUT2D eigenvalue weighted by molar-refractivity contribution is 6.02. The number of rotatable bonds is 3. The van der Waals surface area contributed by atoms with Gasteiger partial charge in [-0.2, -0.15) is 0 Å². The maximum Gasteiger partial charge on any atom is 0.246 e. The Morgan fingerprint density at radius 3 is 2.61 bits per heavy atom. The van der Waals surface area contributed by atoms with Crippen LogP contribution in [0.5, 0.6) is 0 Å². The van der Waals surface area contributed by atoms with Gasteiger partial charge in [0.05, 0.1) is 13.1 Å². The highest BCUT2D eigenvalue weighted by atomic mass is 16.2. The summed E-state index contributed by atoms with van der Waals surface area (Å²) in [6.07, 6.45) is 1.99. The lowest BCUT2D eigenvalue weighted by Gasteiger charge is -2.28. The molecule has 18 heavy (non-hydrogen) atoms. The molecule has 0 spiro atoms. The summed E-state index contributed by atoms with van der Waals surface area (Å²) >= 11 is 0. The summed E-state index contributed by atoms with van der Waals surface area (Å²) in [6, 6.07) is 0. The Balaban J connectivity index is 2.37. The monoisotopic (exact) mass is 250 g/mol. The van der Waals surface area contributed by atoms with E-state index in [2.05, 4.69) is 20.7 Å². The van der Waals surface area contributed by atoms with Gasteiger partial charge in [0, 0.05) is 5.56 Å². The molecule has 1 fully saturated rings. The molecule has 0 unspecified atom stereocenters. The quantitative estimate of drug-likeness (QED) is 0.350. The van der Waals surface area contributed by atoms with Crippen molar-refractivity contribution in [2.45, 2.75) is 13.3 Å². The Kier molecular flexibility index (Phi) is 3.38. The molecule has 1 aliphatic rings. The number of aromatic nitrogens is 2. The van der Waals surface area contributed by atoms with Crippen LogP contribution in [0.3, 0.4) is 0 Å². The topological polar surface area (TPSA) is 113 Å². The molecule has 1 aromatic rings. The van der Waals surface area contributed by atoms with Crippen LogP contribution in [0.4, 0.5) is 11.6 Å². The lowest BCUT2D eigenvalue weighted by atomic mass is 10.2.